The summed E-state index contributed by atoms with van der Waals surface area (Å²) >= 11 is 6.01. The van der Waals surface area contributed by atoms with Gasteiger partial charge in [0.15, 0.2) is 0 Å². The highest BCUT2D eigenvalue weighted by atomic mass is 35.5. The third-order valence-electron chi connectivity index (χ3n) is 3.99. The van der Waals surface area contributed by atoms with Gasteiger partial charge in [-0.25, -0.2) is 4.39 Å². The number of aromatic nitrogens is 1. The van der Waals surface area contributed by atoms with Crippen molar-refractivity contribution >= 4 is 39.8 Å². The van der Waals surface area contributed by atoms with E-state index in [0.717, 1.165) is 0 Å². The smallest absolute Gasteiger partial charge is 0.238 e. The number of H-pyrrole nitrogens is 1. The first-order valence-corrected chi connectivity index (χ1v) is 7.21. The zero-order valence-corrected chi connectivity index (χ0v) is 12.3. The van der Waals surface area contributed by atoms with Crippen LogP contribution in [0.2, 0.25) is 5.02 Å². The number of hydrogen-bond donors (Lipinski definition) is 2. The molecule has 114 valence electrons. The molecule has 7 heteroatoms. The van der Waals surface area contributed by atoms with E-state index in [2.05, 4.69) is 15.5 Å². The minimum absolute atomic E-state index is 0.0347. The minimum Gasteiger partial charge on any atom is -0.356 e. The Labute approximate surface area is 134 Å². The number of rotatable bonds is 2. The summed E-state index contributed by atoms with van der Waals surface area (Å²) in [5.74, 6) is -1.52. The van der Waals surface area contributed by atoms with Gasteiger partial charge in [0.05, 0.1) is 5.69 Å². The second kappa shape index (κ2) is 4.89. The van der Waals surface area contributed by atoms with Gasteiger partial charge in [0, 0.05) is 21.6 Å². The molecule has 1 atom stereocenters. The second-order valence-corrected chi connectivity index (χ2v) is 5.76. The van der Waals surface area contributed by atoms with Gasteiger partial charge < -0.3 is 10.3 Å². The number of halogens is 2. The normalized spacial score (nSPS) is 16.4. The number of carbonyl (C=O) groups is 1. The Balaban J connectivity index is 1.98. The topological polar surface area (TPSA) is 74.3 Å². The molecule has 0 aliphatic carbocycles. The van der Waals surface area contributed by atoms with Crippen LogP contribution in [0, 0.1) is 10.7 Å². The van der Waals surface area contributed by atoms with E-state index >= 15 is 0 Å². The summed E-state index contributed by atoms with van der Waals surface area (Å²) in [7, 11) is 0. The molecule has 0 fully saturated rings. The lowest BCUT2D eigenvalue weighted by atomic mass is 9.96. The molecule has 1 aromatic heterocycles. The first-order chi connectivity index (χ1) is 11.1. The number of amides is 1. The van der Waals surface area contributed by atoms with Gasteiger partial charge in [0.2, 0.25) is 5.91 Å². The summed E-state index contributed by atoms with van der Waals surface area (Å²) < 4.78 is 13.5. The van der Waals surface area contributed by atoms with Crippen LogP contribution < -0.4 is 5.32 Å². The highest BCUT2D eigenvalue weighted by Gasteiger charge is 2.36. The van der Waals surface area contributed by atoms with Crippen molar-refractivity contribution in [2.45, 2.75) is 5.92 Å². The highest BCUT2D eigenvalue weighted by molar-refractivity contribution is 6.31. The quantitative estimate of drug-likeness (QED) is 0.682. The van der Waals surface area contributed by atoms with E-state index in [0.29, 0.717) is 32.9 Å². The van der Waals surface area contributed by atoms with Crippen molar-refractivity contribution in [3.8, 4) is 0 Å². The van der Waals surface area contributed by atoms with Crippen molar-refractivity contribution < 1.29 is 9.18 Å². The van der Waals surface area contributed by atoms with Crippen molar-refractivity contribution in [2.24, 2.45) is 5.18 Å². The first-order valence-electron chi connectivity index (χ1n) is 6.83. The maximum absolute atomic E-state index is 13.5. The molecule has 0 spiro atoms. The Morgan fingerprint density at radius 1 is 1.17 bits per heavy atom. The van der Waals surface area contributed by atoms with Crippen LogP contribution in [0.25, 0.3) is 10.9 Å². The molecule has 2 N–H and O–H groups in total. The molecule has 1 aliphatic rings. The molecular weight excluding hydrogens is 321 g/mol. The van der Waals surface area contributed by atoms with Gasteiger partial charge in [-0.1, -0.05) is 11.6 Å². The van der Waals surface area contributed by atoms with E-state index in [1.54, 1.807) is 18.2 Å². The van der Waals surface area contributed by atoms with Crippen molar-refractivity contribution in [3.05, 3.63) is 63.4 Å². The van der Waals surface area contributed by atoms with Crippen molar-refractivity contribution in [2.75, 3.05) is 5.32 Å². The van der Waals surface area contributed by atoms with Crippen LogP contribution >= 0.6 is 11.6 Å². The van der Waals surface area contributed by atoms with Crippen LogP contribution in [0.3, 0.4) is 0 Å². The van der Waals surface area contributed by atoms with Crippen molar-refractivity contribution in [1.29, 1.82) is 0 Å². The maximum atomic E-state index is 13.5. The number of anilines is 1. The van der Waals surface area contributed by atoms with Crippen molar-refractivity contribution in [1.82, 2.24) is 4.98 Å². The third-order valence-corrected chi connectivity index (χ3v) is 4.22. The summed E-state index contributed by atoms with van der Waals surface area (Å²) in [4.78, 5) is 26.7. The summed E-state index contributed by atoms with van der Waals surface area (Å²) in [5, 5.41) is 6.58. The Kier molecular flexibility index (Phi) is 2.96. The number of nitroso groups, excluding NO2 is 1. The van der Waals surface area contributed by atoms with Gasteiger partial charge in [0.25, 0.3) is 0 Å². The van der Waals surface area contributed by atoms with E-state index in [4.69, 9.17) is 11.6 Å². The molecule has 23 heavy (non-hydrogen) atoms. The van der Waals surface area contributed by atoms with E-state index in [-0.39, 0.29) is 11.6 Å². The molecule has 0 saturated carbocycles. The van der Waals surface area contributed by atoms with Crippen LogP contribution in [-0.4, -0.2) is 10.9 Å². The monoisotopic (exact) mass is 329 g/mol. The number of hydrogen-bond acceptors (Lipinski definition) is 3. The molecule has 4 rings (SSSR count). The fourth-order valence-electron chi connectivity index (χ4n) is 3.00. The lowest BCUT2D eigenvalue weighted by molar-refractivity contribution is -0.116. The van der Waals surface area contributed by atoms with Gasteiger partial charge >= 0.3 is 0 Å². The van der Waals surface area contributed by atoms with Gasteiger partial charge in [-0.3, -0.25) is 4.79 Å². The van der Waals surface area contributed by atoms with Crippen LogP contribution in [0.5, 0.6) is 0 Å². The van der Waals surface area contributed by atoms with Crippen molar-refractivity contribution in [3.63, 3.8) is 0 Å². The van der Waals surface area contributed by atoms with E-state index < -0.39 is 11.7 Å². The number of aromatic amines is 1. The molecule has 0 bridgehead atoms. The minimum atomic E-state index is -0.744. The molecule has 0 saturated heterocycles. The highest BCUT2D eigenvalue weighted by Crippen LogP contribution is 2.44. The average Bonchev–Trinajstić information content (AvgIpc) is 3.02. The molecule has 0 radical (unpaired) electrons. The summed E-state index contributed by atoms with van der Waals surface area (Å²) in [5.41, 5.74) is 2.19. The molecule has 2 heterocycles. The Hall–Kier alpha value is -2.73. The van der Waals surface area contributed by atoms with Crippen LogP contribution in [-0.2, 0) is 4.79 Å². The number of fused-ring (bicyclic) bond motifs is 2. The van der Waals surface area contributed by atoms with E-state index in [1.165, 1.54) is 18.2 Å². The molecule has 1 unspecified atom stereocenters. The molecule has 5 nitrogen and oxygen atoms in total. The first kappa shape index (κ1) is 13.9. The largest absolute Gasteiger partial charge is 0.356 e. The Bertz CT molecular complexity index is 983. The summed E-state index contributed by atoms with van der Waals surface area (Å²) in [6, 6.07) is 9.04. The fourth-order valence-corrected chi connectivity index (χ4v) is 3.18. The average molecular weight is 330 g/mol. The SMILES string of the molecule is O=Nc1c(C2C(=O)Nc3ccc(Cl)cc32)[nH]c2ccc(F)cc12. The number of nitrogens with one attached hydrogen (secondary N) is 2. The molecule has 3 aromatic rings. The standard InChI is InChI=1S/C16H9ClFN3O2/c17-7-1-3-11-9(5-7)13(16(22)20-11)15-14(21-23)10-6-8(18)2-4-12(10)19-15/h1-6,13,19H,(H,20,22). The summed E-state index contributed by atoms with van der Waals surface area (Å²) in [6.07, 6.45) is 0. The van der Waals surface area contributed by atoms with E-state index in [9.17, 15) is 14.1 Å². The maximum Gasteiger partial charge on any atom is 0.238 e. The second-order valence-electron chi connectivity index (χ2n) is 5.32. The van der Waals surface area contributed by atoms with Gasteiger partial charge in [-0.05, 0) is 47.1 Å². The number of benzene rings is 2. The van der Waals surface area contributed by atoms with Crippen LogP contribution in [0.4, 0.5) is 15.8 Å². The predicted molar refractivity (Wildman–Crippen MR) is 85.6 cm³/mol. The zero-order chi connectivity index (χ0) is 16.1. The third kappa shape index (κ3) is 2.03. The van der Waals surface area contributed by atoms with E-state index in [1.807, 2.05) is 0 Å². The van der Waals surface area contributed by atoms with Gasteiger partial charge in [0.1, 0.15) is 17.4 Å². The van der Waals surface area contributed by atoms with Crippen LogP contribution in [0.15, 0.2) is 41.6 Å². The van der Waals surface area contributed by atoms with Gasteiger partial charge in [-0.15, -0.1) is 4.91 Å². The Morgan fingerprint density at radius 2 is 2.00 bits per heavy atom. The predicted octanol–water partition coefficient (Wildman–Crippen LogP) is 4.44. The lowest BCUT2D eigenvalue weighted by Crippen LogP contribution is -2.13. The fraction of sp³-hybridized carbons (Fsp3) is 0.0625. The van der Waals surface area contributed by atoms with Crippen LogP contribution in [0.1, 0.15) is 17.2 Å². The summed E-state index contributed by atoms with van der Waals surface area (Å²) in [6.45, 7) is 0. The molecule has 2 aromatic carbocycles. The Morgan fingerprint density at radius 3 is 2.78 bits per heavy atom. The molecule has 1 amide bonds. The number of nitrogens with zero attached hydrogens (tertiary/aromatic N) is 1. The lowest BCUT2D eigenvalue weighted by Gasteiger charge is -2.07. The zero-order valence-electron chi connectivity index (χ0n) is 11.6. The molecular formula is C16H9ClFN3O2. The van der Waals surface area contributed by atoms with Gasteiger partial charge in [-0.2, -0.15) is 0 Å². The molecule has 1 aliphatic heterocycles. The number of carbonyl (C=O) groups excluding carboxylic acids is 1.